The zero-order chi connectivity index (χ0) is 16.8. The quantitative estimate of drug-likeness (QED) is 0.339. The molecule has 1 unspecified atom stereocenters. The standard InChI is InChI=1S/C19H36F2O2/c1-2-3-4-5-6-7-9-14-19(20,21)15-10-12-17-23-18-13-8-11-16-22-18/h18H,2-17H2,1H3. The molecule has 0 amide bonds. The Morgan fingerprint density at radius 3 is 2.22 bits per heavy atom. The molecule has 1 saturated heterocycles. The van der Waals surface area contributed by atoms with Crippen LogP contribution in [0.25, 0.3) is 0 Å². The summed E-state index contributed by atoms with van der Waals surface area (Å²) in [4.78, 5) is 0. The first-order chi connectivity index (χ1) is 11.1. The second kappa shape index (κ2) is 13.1. The highest BCUT2D eigenvalue weighted by Crippen LogP contribution is 2.28. The number of hydrogen-bond acceptors (Lipinski definition) is 2. The fraction of sp³-hybridized carbons (Fsp3) is 1.00. The molecule has 0 N–H and O–H groups in total. The molecule has 1 atom stereocenters. The third-order valence-corrected chi connectivity index (χ3v) is 4.52. The van der Waals surface area contributed by atoms with Crippen LogP contribution < -0.4 is 0 Å². The lowest BCUT2D eigenvalue weighted by atomic mass is 10.0. The van der Waals surface area contributed by atoms with Crippen LogP contribution in [0, 0.1) is 0 Å². The number of alkyl halides is 2. The van der Waals surface area contributed by atoms with Crippen molar-refractivity contribution in [1.82, 2.24) is 0 Å². The first-order valence-corrected chi connectivity index (χ1v) is 9.75. The van der Waals surface area contributed by atoms with Gasteiger partial charge in [0.1, 0.15) is 0 Å². The van der Waals surface area contributed by atoms with E-state index in [2.05, 4.69) is 6.92 Å². The zero-order valence-corrected chi connectivity index (χ0v) is 15.0. The summed E-state index contributed by atoms with van der Waals surface area (Å²) < 4.78 is 38.6. The Morgan fingerprint density at radius 1 is 0.913 bits per heavy atom. The average Bonchev–Trinajstić information content (AvgIpc) is 2.54. The van der Waals surface area contributed by atoms with Crippen LogP contribution in [-0.2, 0) is 9.47 Å². The lowest BCUT2D eigenvalue weighted by molar-refractivity contribution is -0.163. The van der Waals surface area contributed by atoms with E-state index < -0.39 is 5.92 Å². The topological polar surface area (TPSA) is 18.5 Å². The minimum Gasteiger partial charge on any atom is -0.353 e. The summed E-state index contributed by atoms with van der Waals surface area (Å²) in [6.07, 6.45) is 12.0. The van der Waals surface area contributed by atoms with Crippen LogP contribution in [0.1, 0.15) is 96.8 Å². The third-order valence-electron chi connectivity index (χ3n) is 4.52. The van der Waals surface area contributed by atoms with Gasteiger partial charge in [0, 0.05) is 26.1 Å². The molecule has 0 bridgehead atoms. The van der Waals surface area contributed by atoms with Crippen LogP contribution in [0.5, 0.6) is 0 Å². The Kier molecular flexibility index (Phi) is 11.9. The van der Waals surface area contributed by atoms with E-state index in [9.17, 15) is 8.78 Å². The zero-order valence-electron chi connectivity index (χ0n) is 15.0. The highest BCUT2D eigenvalue weighted by molar-refractivity contribution is 4.66. The van der Waals surface area contributed by atoms with Gasteiger partial charge in [0.15, 0.2) is 6.29 Å². The average molecular weight is 334 g/mol. The molecular weight excluding hydrogens is 298 g/mol. The highest BCUT2D eigenvalue weighted by atomic mass is 19.3. The summed E-state index contributed by atoms with van der Waals surface area (Å²) >= 11 is 0. The van der Waals surface area contributed by atoms with Gasteiger partial charge in [-0.25, -0.2) is 8.78 Å². The van der Waals surface area contributed by atoms with Crippen molar-refractivity contribution in [2.45, 2.75) is 109 Å². The molecular formula is C19H36F2O2. The van der Waals surface area contributed by atoms with Gasteiger partial charge < -0.3 is 9.47 Å². The van der Waals surface area contributed by atoms with Gasteiger partial charge in [0.05, 0.1) is 0 Å². The van der Waals surface area contributed by atoms with Crippen molar-refractivity contribution in [3.8, 4) is 0 Å². The van der Waals surface area contributed by atoms with Gasteiger partial charge in [0.2, 0.25) is 5.92 Å². The van der Waals surface area contributed by atoms with Crippen molar-refractivity contribution >= 4 is 0 Å². The van der Waals surface area contributed by atoms with Crippen molar-refractivity contribution in [2.75, 3.05) is 13.2 Å². The maximum atomic E-state index is 13.8. The molecule has 1 aliphatic heterocycles. The first kappa shape index (κ1) is 20.8. The van der Waals surface area contributed by atoms with Gasteiger partial charge in [-0.1, -0.05) is 45.4 Å². The molecule has 138 valence electrons. The summed E-state index contributed by atoms with van der Waals surface area (Å²) in [5.74, 6) is -2.50. The van der Waals surface area contributed by atoms with Crippen molar-refractivity contribution < 1.29 is 18.3 Å². The highest BCUT2D eigenvalue weighted by Gasteiger charge is 2.27. The molecule has 1 rings (SSSR count). The molecule has 2 nitrogen and oxygen atoms in total. The van der Waals surface area contributed by atoms with Crippen LogP contribution in [0.2, 0.25) is 0 Å². The molecule has 1 fully saturated rings. The maximum Gasteiger partial charge on any atom is 0.248 e. The Hall–Kier alpha value is -0.220. The molecule has 1 heterocycles. The first-order valence-electron chi connectivity index (χ1n) is 9.75. The number of ether oxygens (including phenoxy) is 2. The van der Waals surface area contributed by atoms with E-state index in [1.807, 2.05) is 0 Å². The van der Waals surface area contributed by atoms with Gasteiger partial charge >= 0.3 is 0 Å². The fourth-order valence-corrected chi connectivity index (χ4v) is 3.01. The van der Waals surface area contributed by atoms with Crippen molar-refractivity contribution in [3.63, 3.8) is 0 Å². The third kappa shape index (κ3) is 11.9. The van der Waals surface area contributed by atoms with E-state index >= 15 is 0 Å². The van der Waals surface area contributed by atoms with E-state index in [1.165, 1.54) is 25.7 Å². The van der Waals surface area contributed by atoms with E-state index in [-0.39, 0.29) is 19.1 Å². The van der Waals surface area contributed by atoms with Crippen LogP contribution in [0.4, 0.5) is 8.78 Å². The second-order valence-electron chi connectivity index (χ2n) is 6.85. The largest absolute Gasteiger partial charge is 0.353 e. The summed E-state index contributed by atoms with van der Waals surface area (Å²) in [7, 11) is 0. The Bertz CT molecular complexity index is 266. The van der Waals surface area contributed by atoms with E-state index in [1.54, 1.807) is 0 Å². The minimum atomic E-state index is -2.50. The molecule has 23 heavy (non-hydrogen) atoms. The molecule has 4 heteroatoms. The van der Waals surface area contributed by atoms with Crippen LogP contribution in [0.3, 0.4) is 0 Å². The molecule has 0 aliphatic carbocycles. The Morgan fingerprint density at radius 2 is 1.57 bits per heavy atom. The number of rotatable bonds is 14. The van der Waals surface area contributed by atoms with Crippen molar-refractivity contribution in [2.24, 2.45) is 0 Å². The second-order valence-corrected chi connectivity index (χ2v) is 6.85. The SMILES string of the molecule is CCCCCCCCCC(F)(F)CCCCOC1CCCCO1. The molecule has 0 radical (unpaired) electrons. The van der Waals surface area contributed by atoms with Crippen molar-refractivity contribution in [3.05, 3.63) is 0 Å². The number of hydrogen-bond donors (Lipinski definition) is 0. The molecule has 0 aromatic heterocycles. The Labute approximate surface area is 141 Å². The van der Waals surface area contributed by atoms with Gasteiger partial charge in [-0.05, 0) is 38.5 Å². The fourth-order valence-electron chi connectivity index (χ4n) is 3.01. The van der Waals surface area contributed by atoms with Crippen LogP contribution >= 0.6 is 0 Å². The van der Waals surface area contributed by atoms with E-state index in [0.717, 1.165) is 38.7 Å². The monoisotopic (exact) mass is 334 g/mol. The summed E-state index contributed by atoms with van der Waals surface area (Å²) in [5, 5.41) is 0. The number of unbranched alkanes of at least 4 members (excludes halogenated alkanes) is 7. The maximum absolute atomic E-state index is 13.8. The molecule has 1 aliphatic rings. The summed E-state index contributed by atoms with van der Waals surface area (Å²) in [6, 6.07) is 0. The molecule has 0 spiro atoms. The summed E-state index contributed by atoms with van der Waals surface area (Å²) in [5.41, 5.74) is 0. The molecule has 0 saturated carbocycles. The normalized spacial score (nSPS) is 19.2. The molecule has 0 aromatic rings. The smallest absolute Gasteiger partial charge is 0.248 e. The van der Waals surface area contributed by atoms with Gasteiger partial charge in [-0.3, -0.25) is 0 Å². The lowest BCUT2D eigenvalue weighted by Gasteiger charge is -2.22. The number of halogens is 2. The van der Waals surface area contributed by atoms with E-state index in [0.29, 0.717) is 25.9 Å². The molecule has 0 aromatic carbocycles. The predicted octanol–water partition coefficient (Wildman–Crippen LogP) is 6.48. The lowest BCUT2D eigenvalue weighted by Crippen LogP contribution is -2.23. The van der Waals surface area contributed by atoms with Crippen LogP contribution in [0.15, 0.2) is 0 Å². The predicted molar refractivity (Wildman–Crippen MR) is 91.0 cm³/mol. The van der Waals surface area contributed by atoms with E-state index in [4.69, 9.17) is 9.47 Å². The minimum absolute atomic E-state index is 0.00226. The van der Waals surface area contributed by atoms with Crippen molar-refractivity contribution in [1.29, 1.82) is 0 Å². The van der Waals surface area contributed by atoms with Gasteiger partial charge in [-0.15, -0.1) is 0 Å². The van der Waals surface area contributed by atoms with Crippen LogP contribution in [-0.4, -0.2) is 25.4 Å². The van der Waals surface area contributed by atoms with Gasteiger partial charge in [-0.2, -0.15) is 0 Å². The Balaban J connectivity index is 1.91. The van der Waals surface area contributed by atoms with Gasteiger partial charge in [0.25, 0.3) is 0 Å². The summed E-state index contributed by atoms with van der Waals surface area (Å²) in [6.45, 7) is 3.49.